The molecule has 39 heavy (non-hydrogen) atoms. The number of piperidine rings is 1. The van der Waals surface area contributed by atoms with Crippen molar-refractivity contribution in [2.75, 3.05) is 32.7 Å². The maximum Gasteiger partial charge on any atom is 0.127 e. The van der Waals surface area contributed by atoms with Crippen LogP contribution in [0, 0.1) is 5.92 Å². The predicted octanol–water partition coefficient (Wildman–Crippen LogP) is 8.12. The Balaban J connectivity index is 0.00000178. The number of hydrogen-bond acceptors (Lipinski definition) is 4. The number of unbranched alkanes of at least 4 members (excludes halogenated alkanes) is 1. The molecule has 2 saturated heterocycles. The van der Waals surface area contributed by atoms with Gasteiger partial charge in [0.05, 0.1) is 0 Å². The lowest BCUT2D eigenvalue weighted by Gasteiger charge is -2.54. The first kappa shape index (κ1) is 34.2. The molecule has 5 rings (SSSR count). The molecular weight excluding hydrogens is 549 g/mol. The molecule has 1 saturated carbocycles. The van der Waals surface area contributed by atoms with Crippen molar-refractivity contribution in [2.45, 2.75) is 89.3 Å². The Morgan fingerprint density at radius 3 is 2.21 bits per heavy atom. The molecular formula is C32H50Cl3N3O. The van der Waals surface area contributed by atoms with Gasteiger partial charge in [-0.15, -0.1) is 37.2 Å². The van der Waals surface area contributed by atoms with Crippen LogP contribution in [0.2, 0.25) is 0 Å². The third kappa shape index (κ3) is 9.51. The van der Waals surface area contributed by atoms with Crippen molar-refractivity contribution in [3.8, 4) is 11.5 Å². The van der Waals surface area contributed by atoms with Crippen LogP contribution in [0.5, 0.6) is 11.5 Å². The normalized spacial score (nSPS) is 21.8. The van der Waals surface area contributed by atoms with Gasteiger partial charge >= 0.3 is 0 Å². The molecule has 1 N–H and O–H groups in total. The summed E-state index contributed by atoms with van der Waals surface area (Å²) in [5.74, 6) is 2.76. The molecule has 0 radical (unpaired) electrons. The highest BCUT2D eigenvalue weighted by atomic mass is 35.5. The van der Waals surface area contributed by atoms with Crippen molar-refractivity contribution in [3.63, 3.8) is 0 Å². The van der Waals surface area contributed by atoms with Crippen molar-refractivity contribution in [2.24, 2.45) is 5.92 Å². The molecule has 1 spiro atoms. The average molecular weight is 599 g/mol. The molecule has 1 atom stereocenters. The lowest BCUT2D eigenvalue weighted by Crippen LogP contribution is -2.67. The number of halogens is 3. The Bertz CT molecular complexity index is 916. The number of hydrogen-bond donors (Lipinski definition) is 1. The number of piperazine rings is 1. The van der Waals surface area contributed by atoms with E-state index >= 15 is 0 Å². The quantitative estimate of drug-likeness (QED) is 0.315. The lowest BCUT2D eigenvalue weighted by molar-refractivity contribution is -0.0171. The molecule has 2 aliphatic heterocycles. The van der Waals surface area contributed by atoms with Gasteiger partial charge in [-0.2, -0.15) is 0 Å². The number of benzene rings is 2. The minimum Gasteiger partial charge on any atom is -0.457 e. The molecule has 2 heterocycles. The van der Waals surface area contributed by atoms with E-state index in [-0.39, 0.29) is 37.2 Å². The van der Waals surface area contributed by atoms with E-state index in [1.165, 1.54) is 102 Å². The number of rotatable bonds is 9. The molecule has 3 fully saturated rings. The van der Waals surface area contributed by atoms with E-state index in [4.69, 9.17) is 4.74 Å². The first-order chi connectivity index (χ1) is 17.7. The average Bonchev–Trinajstić information content (AvgIpc) is 2.93. The third-order valence-corrected chi connectivity index (χ3v) is 9.05. The topological polar surface area (TPSA) is 27.7 Å². The van der Waals surface area contributed by atoms with Crippen LogP contribution in [0.1, 0.15) is 76.7 Å². The Morgan fingerprint density at radius 1 is 0.872 bits per heavy atom. The summed E-state index contributed by atoms with van der Waals surface area (Å²) in [7, 11) is 0. The highest BCUT2D eigenvalue weighted by molar-refractivity contribution is 5.86. The molecule has 7 heteroatoms. The smallest absolute Gasteiger partial charge is 0.127 e. The largest absolute Gasteiger partial charge is 0.457 e. The highest BCUT2D eigenvalue weighted by Crippen LogP contribution is 2.35. The standard InChI is InChI=1S/C32H47N3O.3ClH/c1-2-3-20-35-25-29(23-27-10-6-4-7-11-27)33-26-32(35)18-21-34(22-19-32)24-28-14-16-31(17-15-28)36-30-12-8-5-9-13-30;;;/h5,8-9,12-17,27,29,33H,2-4,6-7,10-11,18-26H2,1H3;3*1H/t29-;;;/m0.../s1. The van der Waals surface area contributed by atoms with E-state index in [1.54, 1.807) is 0 Å². The van der Waals surface area contributed by atoms with Gasteiger partial charge in [-0.05, 0) is 68.0 Å². The fraction of sp³-hybridized carbons (Fsp3) is 0.625. The van der Waals surface area contributed by atoms with Crippen LogP contribution in [0.3, 0.4) is 0 Å². The minimum atomic E-state index is 0. The van der Waals surface area contributed by atoms with Gasteiger partial charge in [0.1, 0.15) is 11.5 Å². The Morgan fingerprint density at radius 2 is 1.54 bits per heavy atom. The van der Waals surface area contributed by atoms with Crippen molar-refractivity contribution < 1.29 is 4.74 Å². The van der Waals surface area contributed by atoms with E-state index in [0.29, 0.717) is 11.6 Å². The molecule has 0 bridgehead atoms. The molecule has 0 unspecified atom stereocenters. The summed E-state index contributed by atoms with van der Waals surface area (Å²) in [6, 6.07) is 19.4. The van der Waals surface area contributed by atoms with Crippen LogP contribution in [-0.4, -0.2) is 54.1 Å². The summed E-state index contributed by atoms with van der Waals surface area (Å²) in [5, 5.41) is 4.05. The number of para-hydroxylation sites is 1. The molecule has 220 valence electrons. The van der Waals surface area contributed by atoms with Crippen LogP contribution in [0.4, 0.5) is 0 Å². The Hall–Kier alpha value is -1.01. The molecule has 0 aromatic heterocycles. The van der Waals surface area contributed by atoms with E-state index < -0.39 is 0 Å². The third-order valence-electron chi connectivity index (χ3n) is 9.05. The van der Waals surface area contributed by atoms with Crippen LogP contribution in [0.25, 0.3) is 0 Å². The summed E-state index contributed by atoms with van der Waals surface area (Å²) in [6.45, 7) is 9.50. The lowest BCUT2D eigenvalue weighted by atomic mass is 9.80. The summed E-state index contributed by atoms with van der Waals surface area (Å²) in [4.78, 5) is 5.58. The van der Waals surface area contributed by atoms with Crippen LogP contribution in [0.15, 0.2) is 54.6 Å². The van der Waals surface area contributed by atoms with E-state index in [2.05, 4.69) is 46.3 Å². The van der Waals surface area contributed by atoms with Gasteiger partial charge in [0.25, 0.3) is 0 Å². The Kier molecular flexibility index (Phi) is 15.0. The van der Waals surface area contributed by atoms with Gasteiger partial charge in [0.15, 0.2) is 0 Å². The van der Waals surface area contributed by atoms with Crippen molar-refractivity contribution >= 4 is 37.2 Å². The van der Waals surface area contributed by atoms with Gasteiger partial charge in [0, 0.05) is 44.3 Å². The first-order valence-corrected chi connectivity index (χ1v) is 14.7. The predicted molar refractivity (Wildman–Crippen MR) is 171 cm³/mol. The first-order valence-electron chi connectivity index (χ1n) is 14.7. The molecule has 2 aromatic rings. The van der Waals surface area contributed by atoms with Crippen LogP contribution >= 0.6 is 37.2 Å². The van der Waals surface area contributed by atoms with Gasteiger partial charge in [-0.25, -0.2) is 0 Å². The zero-order valence-electron chi connectivity index (χ0n) is 23.7. The monoisotopic (exact) mass is 597 g/mol. The molecule has 0 amide bonds. The summed E-state index contributed by atoms with van der Waals surface area (Å²) in [6.07, 6.45) is 13.9. The van der Waals surface area contributed by atoms with Gasteiger partial charge in [0.2, 0.25) is 0 Å². The van der Waals surface area contributed by atoms with Crippen LogP contribution < -0.4 is 10.1 Å². The zero-order chi connectivity index (χ0) is 24.6. The van der Waals surface area contributed by atoms with Gasteiger partial charge in [-0.3, -0.25) is 9.80 Å². The number of ether oxygens (including phenoxy) is 1. The SMILES string of the molecule is CCCCN1C[C@H](CC2CCCCC2)NCC12CCN(Cc1ccc(Oc3ccccc3)cc1)CC2.Cl.Cl.Cl. The fourth-order valence-corrected chi connectivity index (χ4v) is 6.80. The highest BCUT2D eigenvalue weighted by Gasteiger charge is 2.43. The maximum absolute atomic E-state index is 5.97. The molecule has 2 aromatic carbocycles. The van der Waals surface area contributed by atoms with E-state index in [9.17, 15) is 0 Å². The minimum absolute atomic E-state index is 0. The molecule has 1 aliphatic carbocycles. The zero-order valence-corrected chi connectivity index (χ0v) is 26.1. The van der Waals surface area contributed by atoms with Gasteiger partial charge in [-0.1, -0.05) is 75.8 Å². The number of likely N-dealkylation sites (tertiary alicyclic amines) is 1. The van der Waals surface area contributed by atoms with Crippen molar-refractivity contribution in [1.82, 2.24) is 15.1 Å². The second kappa shape index (κ2) is 17.1. The van der Waals surface area contributed by atoms with Crippen LogP contribution in [-0.2, 0) is 6.54 Å². The fourth-order valence-electron chi connectivity index (χ4n) is 6.80. The second-order valence-corrected chi connectivity index (χ2v) is 11.7. The number of nitrogens with one attached hydrogen (secondary N) is 1. The second-order valence-electron chi connectivity index (χ2n) is 11.7. The van der Waals surface area contributed by atoms with E-state index in [0.717, 1.165) is 24.0 Å². The molecule has 3 aliphatic rings. The van der Waals surface area contributed by atoms with Crippen molar-refractivity contribution in [1.29, 1.82) is 0 Å². The van der Waals surface area contributed by atoms with E-state index in [1.807, 2.05) is 30.3 Å². The Labute approximate surface area is 255 Å². The van der Waals surface area contributed by atoms with Crippen molar-refractivity contribution in [3.05, 3.63) is 60.2 Å². The summed E-state index contributed by atoms with van der Waals surface area (Å²) >= 11 is 0. The maximum atomic E-state index is 5.97. The summed E-state index contributed by atoms with van der Waals surface area (Å²) < 4.78 is 5.97. The molecule has 4 nitrogen and oxygen atoms in total. The van der Waals surface area contributed by atoms with Gasteiger partial charge < -0.3 is 10.1 Å². The number of nitrogens with zero attached hydrogens (tertiary/aromatic N) is 2. The summed E-state index contributed by atoms with van der Waals surface area (Å²) in [5.41, 5.74) is 1.74.